The number of benzene rings is 2. The number of hydrogen-bond acceptors (Lipinski definition) is 5. The smallest absolute Gasteiger partial charge is 0.229 e. The molecular weight excluding hydrogens is 404 g/mol. The van der Waals surface area contributed by atoms with E-state index in [1.165, 1.54) is 16.7 Å². The summed E-state index contributed by atoms with van der Waals surface area (Å²) >= 11 is 1.62. The molecule has 1 fully saturated rings. The van der Waals surface area contributed by atoms with Gasteiger partial charge in [0.2, 0.25) is 5.91 Å². The number of amides is 1. The molecule has 0 saturated carbocycles. The second kappa shape index (κ2) is 9.52. The topological polar surface area (TPSA) is 58.1 Å². The first-order valence-corrected chi connectivity index (χ1v) is 11.5. The van der Waals surface area contributed by atoms with E-state index < -0.39 is 0 Å². The second-order valence-corrected chi connectivity index (χ2v) is 9.24. The average molecular weight is 433 g/mol. The highest BCUT2D eigenvalue weighted by Gasteiger charge is 2.28. The van der Waals surface area contributed by atoms with E-state index in [1.807, 2.05) is 18.2 Å². The molecule has 1 amide bonds. The number of carbonyl (C=O) groups is 1. The van der Waals surface area contributed by atoms with E-state index in [9.17, 15) is 4.79 Å². The summed E-state index contributed by atoms with van der Waals surface area (Å²) in [6.45, 7) is 7.76. The first-order chi connectivity index (χ1) is 15.0. The summed E-state index contributed by atoms with van der Waals surface area (Å²) in [5.74, 6) is 0.857. The van der Waals surface area contributed by atoms with Crippen molar-refractivity contribution in [2.45, 2.75) is 43.5 Å². The van der Waals surface area contributed by atoms with Crippen molar-refractivity contribution >= 4 is 29.2 Å². The van der Waals surface area contributed by atoms with Gasteiger partial charge in [-0.25, -0.2) is 9.97 Å². The van der Waals surface area contributed by atoms with Crippen LogP contribution in [0.4, 0.5) is 11.5 Å². The number of anilines is 2. The number of aryl methyl sites for hydroxylation is 3. The molecule has 0 bridgehead atoms. The van der Waals surface area contributed by atoms with Crippen molar-refractivity contribution in [1.82, 2.24) is 9.97 Å². The van der Waals surface area contributed by atoms with Gasteiger partial charge in [0.15, 0.2) is 5.82 Å². The maximum atomic E-state index is 13.0. The van der Waals surface area contributed by atoms with Gasteiger partial charge in [0, 0.05) is 36.1 Å². The summed E-state index contributed by atoms with van der Waals surface area (Å²) in [4.78, 5) is 25.5. The summed E-state index contributed by atoms with van der Waals surface area (Å²) in [7, 11) is 0. The van der Waals surface area contributed by atoms with Gasteiger partial charge in [0.05, 0.1) is 5.92 Å². The van der Waals surface area contributed by atoms with Gasteiger partial charge < -0.3 is 10.2 Å². The Morgan fingerprint density at radius 3 is 2.58 bits per heavy atom. The molecule has 160 valence electrons. The molecule has 0 radical (unpaired) electrons. The van der Waals surface area contributed by atoms with Crippen molar-refractivity contribution in [3.63, 3.8) is 0 Å². The zero-order chi connectivity index (χ0) is 21.8. The van der Waals surface area contributed by atoms with Crippen molar-refractivity contribution in [3.8, 4) is 0 Å². The van der Waals surface area contributed by atoms with E-state index in [4.69, 9.17) is 0 Å². The zero-order valence-corrected chi connectivity index (χ0v) is 19.1. The molecule has 5 nitrogen and oxygen atoms in total. The first-order valence-electron chi connectivity index (χ1n) is 10.7. The van der Waals surface area contributed by atoms with E-state index in [0.29, 0.717) is 6.54 Å². The summed E-state index contributed by atoms with van der Waals surface area (Å²) in [6, 6.07) is 14.5. The van der Waals surface area contributed by atoms with Crippen molar-refractivity contribution in [2.24, 2.45) is 5.92 Å². The van der Waals surface area contributed by atoms with Crippen molar-refractivity contribution in [1.29, 1.82) is 0 Å². The fraction of sp³-hybridized carbons (Fsp3) is 0.320. The second-order valence-electron chi connectivity index (χ2n) is 8.17. The van der Waals surface area contributed by atoms with Crippen molar-refractivity contribution in [2.75, 3.05) is 23.3 Å². The third-order valence-corrected chi connectivity index (χ3v) is 6.74. The van der Waals surface area contributed by atoms with Crippen LogP contribution >= 0.6 is 11.8 Å². The van der Waals surface area contributed by atoms with Crippen LogP contribution in [0.2, 0.25) is 0 Å². The lowest BCUT2D eigenvalue weighted by Crippen LogP contribution is -2.41. The number of hydrogen-bond donors (Lipinski definition) is 1. The van der Waals surface area contributed by atoms with Gasteiger partial charge in [0.25, 0.3) is 0 Å². The third-order valence-electron chi connectivity index (χ3n) is 5.75. The molecule has 2 heterocycles. The highest BCUT2D eigenvalue weighted by molar-refractivity contribution is 7.99. The maximum Gasteiger partial charge on any atom is 0.229 e. The summed E-state index contributed by atoms with van der Waals surface area (Å²) in [6.07, 6.45) is 5.30. The number of nitrogens with zero attached hydrogens (tertiary/aromatic N) is 3. The van der Waals surface area contributed by atoms with E-state index in [0.717, 1.165) is 40.8 Å². The minimum Gasteiger partial charge on any atom is -0.354 e. The summed E-state index contributed by atoms with van der Waals surface area (Å²) in [5, 5.41) is 3.98. The predicted molar refractivity (Wildman–Crippen MR) is 127 cm³/mol. The molecular formula is C25H28N4OS. The van der Waals surface area contributed by atoms with Gasteiger partial charge in [-0.15, -0.1) is 0 Å². The lowest BCUT2D eigenvalue weighted by Gasteiger charge is -2.33. The van der Waals surface area contributed by atoms with Crippen molar-refractivity contribution < 1.29 is 4.79 Å². The molecule has 1 saturated heterocycles. The molecule has 0 aliphatic carbocycles. The van der Waals surface area contributed by atoms with E-state index in [1.54, 1.807) is 24.2 Å². The highest BCUT2D eigenvalue weighted by atomic mass is 32.2. The van der Waals surface area contributed by atoms with Crippen LogP contribution in [0, 0.1) is 26.7 Å². The molecule has 6 heteroatoms. The van der Waals surface area contributed by atoms with Gasteiger partial charge in [-0.1, -0.05) is 35.5 Å². The van der Waals surface area contributed by atoms with E-state index in [2.05, 4.69) is 65.2 Å². The predicted octanol–water partition coefficient (Wildman–Crippen LogP) is 5.41. The minimum absolute atomic E-state index is 0.0737. The maximum absolute atomic E-state index is 13.0. The zero-order valence-electron chi connectivity index (χ0n) is 18.3. The van der Waals surface area contributed by atoms with Gasteiger partial charge in [-0.05, 0) is 69.0 Å². The molecule has 0 spiro atoms. The number of piperidine rings is 1. The number of carbonyl (C=O) groups excluding carboxylic acids is 1. The molecule has 4 rings (SSSR count). The van der Waals surface area contributed by atoms with Gasteiger partial charge in [0.1, 0.15) is 5.03 Å². The van der Waals surface area contributed by atoms with E-state index >= 15 is 0 Å². The Hall–Kier alpha value is -2.86. The lowest BCUT2D eigenvalue weighted by atomic mass is 9.97. The summed E-state index contributed by atoms with van der Waals surface area (Å²) in [5.41, 5.74) is 4.50. The molecule has 2 aromatic carbocycles. The number of aromatic nitrogens is 2. The normalized spacial score (nSPS) is 16.2. The third kappa shape index (κ3) is 5.25. The molecule has 1 unspecified atom stereocenters. The van der Waals surface area contributed by atoms with Crippen LogP contribution in [0.15, 0.2) is 64.8 Å². The first kappa shape index (κ1) is 21.4. The van der Waals surface area contributed by atoms with Gasteiger partial charge in [-0.3, -0.25) is 4.79 Å². The Bertz CT molecular complexity index is 1070. The Kier molecular flexibility index (Phi) is 6.56. The molecule has 1 N–H and O–H groups in total. The van der Waals surface area contributed by atoms with Crippen LogP contribution in [-0.2, 0) is 4.79 Å². The molecule has 31 heavy (non-hydrogen) atoms. The van der Waals surface area contributed by atoms with Crippen LogP contribution in [-0.4, -0.2) is 29.0 Å². The molecule has 1 atom stereocenters. The lowest BCUT2D eigenvalue weighted by molar-refractivity contribution is -0.120. The number of rotatable bonds is 5. The number of nitrogens with one attached hydrogen (secondary N) is 1. The standard InChI is InChI=1S/C25H28N4OS/c1-17-6-10-22(11-7-17)31-25-23(26-12-13-27-25)29-14-4-5-20(16-29)24(30)28-21-9-8-18(2)19(3)15-21/h6-13,15,20H,4-5,14,16H2,1-3H3,(H,28,30). The monoisotopic (exact) mass is 432 g/mol. The van der Waals surface area contributed by atoms with Crippen LogP contribution in [0.25, 0.3) is 0 Å². The van der Waals surface area contributed by atoms with Gasteiger partial charge >= 0.3 is 0 Å². The highest BCUT2D eigenvalue weighted by Crippen LogP contribution is 2.34. The van der Waals surface area contributed by atoms with Crippen LogP contribution in [0.1, 0.15) is 29.5 Å². The summed E-state index contributed by atoms with van der Waals surface area (Å²) < 4.78 is 0. The molecule has 1 aliphatic rings. The molecule has 1 aliphatic heterocycles. The van der Waals surface area contributed by atoms with Crippen molar-refractivity contribution in [3.05, 3.63) is 71.5 Å². The Morgan fingerprint density at radius 2 is 1.81 bits per heavy atom. The van der Waals surface area contributed by atoms with Crippen LogP contribution < -0.4 is 10.2 Å². The van der Waals surface area contributed by atoms with E-state index in [-0.39, 0.29) is 11.8 Å². The molecule has 3 aromatic rings. The fourth-order valence-corrected chi connectivity index (χ4v) is 4.65. The largest absolute Gasteiger partial charge is 0.354 e. The van der Waals surface area contributed by atoms with Gasteiger partial charge in [-0.2, -0.15) is 0 Å². The molecule has 1 aromatic heterocycles. The van der Waals surface area contributed by atoms with Crippen LogP contribution in [0.5, 0.6) is 0 Å². The minimum atomic E-state index is -0.0745. The quantitative estimate of drug-likeness (QED) is 0.584. The van der Waals surface area contributed by atoms with Crippen LogP contribution in [0.3, 0.4) is 0 Å². The average Bonchev–Trinajstić information content (AvgIpc) is 2.78. The SMILES string of the molecule is Cc1ccc(Sc2nccnc2N2CCCC(C(=O)Nc3ccc(C)c(C)c3)C2)cc1. The Labute approximate surface area is 188 Å². The Balaban J connectivity index is 1.47. The Morgan fingerprint density at radius 1 is 1.03 bits per heavy atom. The fourth-order valence-electron chi connectivity index (χ4n) is 3.77.